The van der Waals surface area contributed by atoms with Gasteiger partial charge in [0.05, 0.1) is 24.4 Å². The topological polar surface area (TPSA) is 137 Å². The molecule has 4 rings (SSSR count). The van der Waals surface area contributed by atoms with E-state index < -0.39 is 17.2 Å². The fourth-order valence-electron chi connectivity index (χ4n) is 3.19. The molecule has 3 heterocycles. The molecule has 1 amide bonds. The summed E-state index contributed by atoms with van der Waals surface area (Å²) in [5, 5.41) is 12.3. The molecule has 0 unspecified atom stereocenters. The van der Waals surface area contributed by atoms with Crippen LogP contribution < -0.4 is 16.6 Å². The fraction of sp³-hybridized carbons (Fsp3) is 0.263. The molecule has 1 aromatic carbocycles. The summed E-state index contributed by atoms with van der Waals surface area (Å²) in [6.45, 7) is 0.424. The summed E-state index contributed by atoms with van der Waals surface area (Å²) in [5.74, 6) is -0.343. The number of nitrogens with zero attached hydrogens (tertiary/aromatic N) is 5. The predicted molar refractivity (Wildman–Crippen MR) is 116 cm³/mol. The summed E-state index contributed by atoms with van der Waals surface area (Å²) in [4.78, 5) is 42.8. The van der Waals surface area contributed by atoms with Crippen molar-refractivity contribution < 1.29 is 9.53 Å². The van der Waals surface area contributed by atoms with Gasteiger partial charge in [-0.05, 0) is 6.07 Å². The van der Waals surface area contributed by atoms with Gasteiger partial charge in [-0.15, -0.1) is 10.2 Å². The number of ether oxygens (including phenoxy) is 1. The van der Waals surface area contributed by atoms with Crippen LogP contribution in [0.4, 0.5) is 5.82 Å². The Morgan fingerprint density at radius 1 is 1.26 bits per heavy atom. The Bertz CT molecular complexity index is 1390. The highest BCUT2D eigenvalue weighted by Crippen LogP contribution is 2.25. The maximum atomic E-state index is 12.4. The number of aryl methyl sites for hydroxylation is 1. The van der Waals surface area contributed by atoms with Crippen LogP contribution in [0.15, 0.2) is 45.1 Å². The van der Waals surface area contributed by atoms with Crippen LogP contribution >= 0.6 is 11.8 Å². The Hall–Kier alpha value is -3.51. The van der Waals surface area contributed by atoms with Crippen molar-refractivity contribution in [2.75, 3.05) is 24.8 Å². The smallest absolute Gasteiger partial charge is 0.329 e. The number of para-hydroxylation sites is 1. The van der Waals surface area contributed by atoms with E-state index >= 15 is 0 Å². The third-order valence-corrected chi connectivity index (χ3v) is 5.48. The fourth-order valence-corrected chi connectivity index (χ4v) is 3.77. The number of H-pyrrole nitrogens is 1. The SMILES string of the molecule is COCCn1c(NC(=O)CSc2nnc3c4ccccc4n(C)c3n2)cc(=O)[nH]c1=O. The molecule has 0 radical (unpaired) electrons. The van der Waals surface area contributed by atoms with Crippen molar-refractivity contribution >= 4 is 45.6 Å². The van der Waals surface area contributed by atoms with E-state index in [2.05, 4.69) is 25.5 Å². The quantitative estimate of drug-likeness (QED) is 0.401. The standard InChI is InChI=1S/C19H19N7O4S/c1-25-12-6-4-3-5-11(12)16-17(25)22-18(24-23-16)31-10-15(28)20-13-9-14(27)21-19(29)26(13)7-8-30-2/h3-6,9H,7-8,10H2,1-2H3,(H,20,28)(H,21,27,29). The van der Waals surface area contributed by atoms with Crippen molar-refractivity contribution in [1.29, 1.82) is 0 Å². The maximum Gasteiger partial charge on any atom is 0.329 e. The van der Waals surface area contributed by atoms with Crippen LogP contribution in [0.25, 0.3) is 22.1 Å². The van der Waals surface area contributed by atoms with Gasteiger partial charge in [0.2, 0.25) is 11.1 Å². The van der Waals surface area contributed by atoms with Crippen LogP contribution in [0.1, 0.15) is 0 Å². The molecule has 2 N–H and O–H groups in total. The van der Waals surface area contributed by atoms with Crippen LogP contribution in [0.3, 0.4) is 0 Å². The van der Waals surface area contributed by atoms with E-state index in [0.717, 1.165) is 28.7 Å². The molecule has 0 saturated carbocycles. The number of carbonyl (C=O) groups is 1. The highest BCUT2D eigenvalue weighted by Gasteiger charge is 2.14. The molecule has 12 heteroatoms. The Morgan fingerprint density at radius 2 is 2.06 bits per heavy atom. The Kier molecular flexibility index (Phi) is 5.82. The van der Waals surface area contributed by atoms with E-state index in [4.69, 9.17) is 4.74 Å². The highest BCUT2D eigenvalue weighted by molar-refractivity contribution is 7.99. The van der Waals surface area contributed by atoms with Gasteiger partial charge in [-0.3, -0.25) is 19.1 Å². The number of hydrogen-bond donors (Lipinski definition) is 2. The molecular formula is C19H19N7O4S. The second-order valence-corrected chi connectivity index (χ2v) is 7.59. The molecule has 0 bridgehead atoms. The van der Waals surface area contributed by atoms with Crippen molar-refractivity contribution in [2.24, 2.45) is 7.05 Å². The molecule has 160 valence electrons. The maximum absolute atomic E-state index is 12.4. The number of benzene rings is 1. The van der Waals surface area contributed by atoms with Gasteiger partial charge in [-0.25, -0.2) is 9.78 Å². The number of rotatable bonds is 7. The minimum absolute atomic E-state index is 0.0254. The van der Waals surface area contributed by atoms with Crippen LogP contribution in [-0.2, 0) is 23.1 Å². The van der Waals surface area contributed by atoms with Crippen molar-refractivity contribution in [3.8, 4) is 0 Å². The van der Waals surface area contributed by atoms with Crippen molar-refractivity contribution in [2.45, 2.75) is 11.7 Å². The summed E-state index contributed by atoms with van der Waals surface area (Å²) in [6.07, 6.45) is 0. The van der Waals surface area contributed by atoms with E-state index in [1.165, 1.54) is 11.7 Å². The number of carbonyl (C=O) groups excluding carboxylic acids is 1. The van der Waals surface area contributed by atoms with Crippen molar-refractivity contribution in [3.05, 3.63) is 51.2 Å². The lowest BCUT2D eigenvalue weighted by molar-refractivity contribution is -0.113. The summed E-state index contributed by atoms with van der Waals surface area (Å²) in [5.41, 5.74) is 1.12. The Morgan fingerprint density at radius 3 is 2.87 bits per heavy atom. The second kappa shape index (κ2) is 8.70. The van der Waals surface area contributed by atoms with Crippen LogP contribution in [-0.4, -0.2) is 54.7 Å². The van der Waals surface area contributed by atoms with Crippen LogP contribution in [0.2, 0.25) is 0 Å². The van der Waals surface area contributed by atoms with Gasteiger partial charge in [0, 0.05) is 25.6 Å². The number of aromatic amines is 1. The number of fused-ring (bicyclic) bond motifs is 3. The molecule has 0 aliphatic carbocycles. The first kappa shape index (κ1) is 20.8. The summed E-state index contributed by atoms with van der Waals surface area (Å²) < 4.78 is 8.12. The number of anilines is 1. The normalized spacial score (nSPS) is 11.3. The van der Waals surface area contributed by atoms with Crippen LogP contribution in [0, 0.1) is 0 Å². The van der Waals surface area contributed by atoms with E-state index in [1.54, 1.807) is 0 Å². The number of thioether (sulfide) groups is 1. The van der Waals surface area contributed by atoms with E-state index in [-0.39, 0.29) is 24.7 Å². The van der Waals surface area contributed by atoms with Gasteiger partial charge in [-0.1, -0.05) is 30.0 Å². The monoisotopic (exact) mass is 441 g/mol. The molecule has 0 saturated heterocycles. The number of nitrogens with one attached hydrogen (secondary N) is 2. The minimum atomic E-state index is -0.624. The number of methoxy groups -OCH3 is 1. The Labute approximate surface area is 179 Å². The molecule has 0 aliphatic heterocycles. The number of hydrogen-bond acceptors (Lipinski definition) is 8. The lowest BCUT2D eigenvalue weighted by Crippen LogP contribution is -2.34. The summed E-state index contributed by atoms with van der Waals surface area (Å²) >= 11 is 1.11. The lowest BCUT2D eigenvalue weighted by Gasteiger charge is -2.12. The third kappa shape index (κ3) is 4.20. The zero-order valence-electron chi connectivity index (χ0n) is 16.8. The molecule has 3 aromatic heterocycles. The van der Waals surface area contributed by atoms with E-state index in [0.29, 0.717) is 16.3 Å². The second-order valence-electron chi connectivity index (χ2n) is 6.65. The third-order valence-electron chi connectivity index (χ3n) is 4.64. The zero-order valence-corrected chi connectivity index (χ0v) is 17.6. The molecule has 4 aromatic rings. The van der Waals surface area contributed by atoms with E-state index in [9.17, 15) is 14.4 Å². The average Bonchev–Trinajstić information content (AvgIpc) is 3.04. The molecule has 11 nitrogen and oxygen atoms in total. The first-order valence-electron chi connectivity index (χ1n) is 9.31. The molecule has 0 atom stereocenters. The average molecular weight is 441 g/mol. The molecular weight excluding hydrogens is 422 g/mol. The number of amides is 1. The van der Waals surface area contributed by atoms with Gasteiger partial charge < -0.3 is 14.6 Å². The largest absolute Gasteiger partial charge is 0.383 e. The molecule has 0 fully saturated rings. The van der Waals surface area contributed by atoms with Crippen LogP contribution in [0.5, 0.6) is 0 Å². The lowest BCUT2D eigenvalue weighted by atomic mass is 10.2. The highest BCUT2D eigenvalue weighted by atomic mass is 32.2. The van der Waals surface area contributed by atoms with Crippen molar-refractivity contribution in [3.63, 3.8) is 0 Å². The molecule has 31 heavy (non-hydrogen) atoms. The molecule has 0 spiro atoms. The first-order valence-corrected chi connectivity index (χ1v) is 10.3. The van der Waals surface area contributed by atoms with Gasteiger partial charge in [0.1, 0.15) is 11.3 Å². The zero-order chi connectivity index (χ0) is 22.0. The summed E-state index contributed by atoms with van der Waals surface area (Å²) in [6, 6.07) is 8.95. The summed E-state index contributed by atoms with van der Waals surface area (Å²) in [7, 11) is 3.39. The van der Waals surface area contributed by atoms with Gasteiger partial charge in [0.25, 0.3) is 5.56 Å². The van der Waals surface area contributed by atoms with E-state index in [1.807, 2.05) is 35.9 Å². The first-order chi connectivity index (χ1) is 15.0. The van der Waals surface area contributed by atoms with Gasteiger partial charge in [0.15, 0.2) is 5.65 Å². The van der Waals surface area contributed by atoms with Crippen molar-refractivity contribution in [1.82, 2.24) is 29.3 Å². The Balaban J connectivity index is 1.51. The van der Waals surface area contributed by atoms with Gasteiger partial charge >= 0.3 is 5.69 Å². The van der Waals surface area contributed by atoms with Gasteiger partial charge in [-0.2, -0.15) is 0 Å². The number of aromatic nitrogens is 6. The minimum Gasteiger partial charge on any atom is -0.383 e. The molecule has 0 aliphatic rings. The predicted octanol–water partition coefficient (Wildman–Crippen LogP) is 0.744.